The molecule has 0 atom stereocenters. The molecule has 0 spiro atoms. The highest BCUT2D eigenvalue weighted by Crippen LogP contribution is 2.38. The third-order valence-corrected chi connectivity index (χ3v) is 3.74. The molecule has 13 heavy (non-hydrogen) atoms. The first kappa shape index (κ1) is 9.03. The summed E-state index contributed by atoms with van der Waals surface area (Å²) in [5.41, 5.74) is 2.05. The van der Waals surface area contributed by atoms with E-state index in [9.17, 15) is 4.39 Å². The summed E-state index contributed by atoms with van der Waals surface area (Å²) in [7, 11) is 0. The van der Waals surface area contributed by atoms with Crippen molar-refractivity contribution in [1.82, 2.24) is 4.31 Å². The lowest BCUT2D eigenvalue weighted by atomic mass is 10.1. The maximum atomic E-state index is 13.2. The summed E-state index contributed by atoms with van der Waals surface area (Å²) < 4.78 is 15.4. The highest BCUT2D eigenvalue weighted by atomic mass is 32.2. The monoisotopic (exact) mass is 197 g/mol. The third-order valence-electron chi connectivity index (χ3n) is 2.34. The van der Waals surface area contributed by atoms with Gasteiger partial charge in [0.15, 0.2) is 0 Å². The van der Waals surface area contributed by atoms with Crippen LogP contribution in [0.1, 0.15) is 18.1 Å². The Kier molecular flexibility index (Phi) is 2.30. The van der Waals surface area contributed by atoms with E-state index >= 15 is 0 Å². The largest absolute Gasteiger partial charge is 0.242 e. The predicted octanol–water partition coefficient (Wildman–Crippen LogP) is 2.98. The summed E-state index contributed by atoms with van der Waals surface area (Å²) in [6.07, 6.45) is 0. The lowest BCUT2D eigenvalue weighted by Gasteiger charge is -2.08. The van der Waals surface area contributed by atoms with Gasteiger partial charge in [0.1, 0.15) is 5.82 Å². The second-order valence-electron chi connectivity index (χ2n) is 3.21. The van der Waals surface area contributed by atoms with Crippen LogP contribution in [0.15, 0.2) is 17.0 Å². The molecule has 1 aromatic rings. The molecular weight excluding hydrogens is 185 g/mol. The van der Waals surface area contributed by atoms with Crippen molar-refractivity contribution in [1.29, 1.82) is 0 Å². The number of hydrogen-bond donors (Lipinski definition) is 0. The minimum Gasteiger partial charge on any atom is -0.242 e. The van der Waals surface area contributed by atoms with Gasteiger partial charge in [0, 0.05) is 18.0 Å². The Morgan fingerprint density at radius 1 is 1.54 bits per heavy atom. The van der Waals surface area contributed by atoms with Crippen LogP contribution in [0.2, 0.25) is 0 Å². The molecule has 0 saturated carbocycles. The summed E-state index contributed by atoms with van der Waals surface area (Å²) in [6.45, 7) is 5.91. The number of nitrogens with zero attached hydrogens (tertiary/aromatic N) is 1. The standard InChI is InChI=1S/C10H12FNS/c1-3-12-6-8-4-5-9(11)7(2)10(8)13-12/h4-5H,3,6H2,1-2H3. The first-order valence-corrected chi connectivity index (χ1v) is 5.20. The van der Waals surface area contributed by atoms with Gasteiger partial charge in [-0.25, -0.2) is 8.70 Å². The Balaban J connectivity index is 2.40. The van der Waals surface area contributed by atoms with E-state index in [1.54, 1.807) is 18.0 Å². The SMILES string of the molecule is CCN1Cc2ccc(F)c(C)c2S1. The molecule has 3 heteroatoms. The van der Waals surface area contributed by atoms with Crippen LogP contribution in [0.3, 0.4) is 0 Å². The van der Waals surface area contributed by atoms with Crippen LogP contribution in [0.5, 0.6) is 0 Å². The Morgan fingerprint density at radius 2 is 2.31 bits per heavy atom. The van der Waals surface area contributed by atoms with Gasteiger partial charge in [0.05, 0.1) is 0 Å². The van der Waals surface area contributed by atoms with Crippen molar-refractivity contribution in [3.05, 3.63) is 29.1 Å². The molecule has 1 heterocycles. The minimum atomic E-state index is -0.0933. The van der Waals surface area contributed by atoms with Crippen LogP contribution >= 0.6 is 11.9 Å². The fourth-order valence-corrected chi connectivity index (χ4v) is 2.58. The normalized spacial score (nSPS) is 16.2. The summed E-state index contributed by atoms with van der Waals surface area (Å²) in [6, 6.07) is 3.45. The van der Waals surface area contributed by atoms with Gasteiger partial charge in [0.2, 0.25) is 0 Å². The maximum Gasteiger partial charge on any atom is 0.127 e. The predicted molar refractivity (Wildman–Crippen MR) is 53.1 cm³/mol. The van der Waals surface area contributed by atoms with E-state index in [1.807, 2.05) is 13.0 Å². The summed E-state index contributed by atoms with van der Waals surface area (Å²) in [5.74, 6) is -0.0933. The summed E-state index contributed by atoms with van der Waals surface area (Å²) in [4.78, 5) is 1.11. The van der Waals surface area contributed by atoms with Gasteiger partial charge < -0.3 is 0 Å². The highest BCUT2D eigenvalue weighted by Gasteiger charge is 2.21. The van der Waals surface area contributed by atoms with Crippen molar-refractivity contribution in [3.63, 3.8) is 0 Å². The number of hydrogen-bond acceptors (Lipinski definition) is 2. The second kappa shape index (κ2) is 3.31. The van der Waals surface area contributed by atoms with E-state index < -0.39 is 0 Å². The van der Waals surface area contributed by atoms with Crippen LogP contribution in [-0.2, 0) is 6.54 Å². The van der Waals surface area contributed by atoms with Crippen LogP contribution < -0.4 is 0 Å². The molecule has 1 aliphatic rings. The number of rotatable bonds is 1. The zero-order valence-electron chi connectivity index (χ0n) is 7.80. The molecule has 0 saturated heterocycles. The average Bonchev–Trinajstić information content (AvgIpc) is 2.55. The van der Waals surface area contributed by atoms with Crippen molar-refractivity contribution in [2.75, 3.05) is 6.54 Å². The van der Waals surface area contributed by atoms with E-state index in [4.69, 9.17) is 0 Å². The van der Waals surface area contributed by atoms with Gasteiger partial charge in [-0.2, -0.15) is 0 Å². The van der Waals surface area contributed by atoms with Crippen LogP contribution in [0.4, 0.5) is 4.39 Å². The van der Waals surface area contributed by atoms with Gasteiger partial charge >= 0.3 is 0 Å². The quantitative estimate of drug-likeness (QED) is 0.637. The molecule has 0 aliphatic carbocycles. The van der Waals surface area contributed by atoms with Crippen molar-refractivity contribution in [2.45, 2.75) is 25.3 Å². The first-order chi connectivity index (χ1) is 6.22. The number of halogens is 1. The molecule has 70 valence electrons. The molecule has 0 N–H and O–H groups in total. The molecule has 1 aromatic carbocycles. The number of benzene rings is 1. The molecular formula is C10H12FNS. The van der Waals surface area contributed by atoms with E-state index in [-0.39, 0.29) is 5.82 Å². The van der Waals surface area contributed by atoms with Gasteiger partial charge in [-0.15, -0.1) is 0 Å². The molecule has 0 bridgehead atoms. The van der Waals surface area contributed by atoms with Crippen LogP contribution in [-0.4, -0.2) is 10.8 Å². The van der Waals surface area contributed by atoms with Crippen molar-refractivity contribution >= 4 is 11.9 Å². The molecule has 0 radical (unpaired) electrons. The topological polar surface area (TPSA) is 3.24 Å². The van der Waals surface area contributed by atoms with Crippen molar-refractivity contribution < 1.29 is 4.39 Å². The minimum absolute atomic E-state index is 0.0933. The van der Waals surface area contributed by atoms with Gasteiger partial charge in [0.25, 0.3) is 0 Å². The Labute approximate surface area is 82.1 Å². The third kappa shape index (κ3) is 1.46. The summed E-state index contributed by atoms with van der Waals surface area (Å²) >= 11 is 1.67. The van der Waals surface area contributed by atoms with Crippen molar-refractivity contribution in [2.24, 2.45) is 0 Å². The first-order valence-electron chi connectivity index (χ1n) is 4.43. The molecule has 0 amide bonds. The lowest BCUT2D eigenvalue weighted by molar-refractivity contribution is 0.506. The van der Waals surface area contributed by atoms with Crippen molar-refractivity contribution in [3.8, 4) is 0 Å². The smallest absolute Gasteiger partial charge is 0.127 e. The average molecular weight is 197 g/mol. The molecule has 0 aromatic heterocycles. The number of fused-ring (bicyclic) bond motifs is 1. The van der Waals surface area contributed by atoms with E-state index in [0.717, 1.165) is 23.5 Å². The fourth-order valence-electron chi connectivity index (χ4n) is 1.50. The van der Waals surface area contributed by atoms with Crippen LogP contribution in [0.25, 0.3) is 0 Å². The molecule has 0 unspecified atom stereocenters. The maximum absolute atomic E-state index is 13.2. The molecule has 2 rings (SSSR count). The molecule has 1 nitrogen and oxygen atoms in total. The van der Waals surface area contributed by atoms with E-state index in [0.29, 0.717) is 0 Å². The molecule has 1 aliphatic heterocycles. The summed E-state index contributed by atoms with van der Waals surface area (Å²) in [5, 5.41) is 0. The second-order valence-corrected chi connectivity index (χ2v) is 4.32. The molecule has 0 fully saturated rings. The van der Waals surface area contributed by atoms with Gasteiger partial charge in [-0.1, -0.05) is 13.0 Å². The van der Waals surface area contributed by atoms with E-state index in [1.165, 1.54) is 5.56 Å². The Morgan fingerprint density at radius 3 is 3.00 bits per heavy atom. The van der Waals surface area contributed by atoms with Gasteiger partial charge in [-0.05, 0) is 36.1 Å². The zero-order chi connectivity index (χ0) is 9.42. The Bertz CT molecular complexity index is 338. The van der Waals surface area contributed by atoms with Crippen LogP contribution in [0, 0.1) is 12.7 Å². The zero-order valence-corrected chi connectivity index (χ0v) is 8.62. The highest BCUT2D eigenvalue weighted by molar-refractivity contribution is 7.97. The Hall–Kier alpha value is -0.540. The lowest BCUT2D eigenvalue weighted by Crippen LogP contribution is -2.07. The van der Waals surface area contributed by atoms with E-state index in [2.05, 4.69) is 11.2 Å². The van der Waals surface area contributed by atoms with Gasteiger partial charge in [-0.3, -0.25) is 0 Å². The fraction of sp³-hybridized carbons (Fsp3) is 0.400.